The van der Waals surface area contributed by atoms with Crippen molar-refractivity contribution in [2.45, 2.75) is 96.4 Å². The van der Waals surface area contributed by atoms with E-state index in [1.54, 1.807) is 0 Å². The molecule has 5 aliphatic rings. The molecule has 2 aliphatic carbocycles. The highest BCUT2D eigenvalue weighted by Crippen LogP contribution is 2.54. The number of fused-ring (bicyclic) bond motifs is 5. The van der Waals surface area contributed by atoms with Gasteiger partial charge in [-0.05, 0) is 124 Å². The minimum atomic E-state index is -0.652. The molecule has 4 aromatic carbocycles. The smallest absolute Gasteiger partial charge is 0.407 e. The first kappa shape index (κ1) is 40.1. The average Bonchev–Trinajstić information content (AvgIpc) is 3.93. The minimum absolute atomic E-state index is 0.0123. The summed E-state index contributed by atoms with van der Waals surface area (Å²) < 4.78 is 9.77. The van der Waals surface area contributed by atoms with Crippen molar-refractivity contribution in [3.63, 3.8) is 0 Å². The van der Waals surface area contributed by atoms with Gasteiger partial charge in [-0.25, -0.2) is 9.78 Å². The van der Waals surface area contributed by atoms with Crippen LogP contribution in [0.15, 0.2) is 77.8 Å². The van der Waals surface area contributed by atoms with Gasteiger partial charge in [0.1, 0.15) is 11.9 Å². The molecule has 4 heterocycles. The number of aromatic nitrogens is 2. The number of piperidine rings is 2. The summed E-state index contributed by atoms with van der Waals surface area (Å²) in [5.41, 5.74) is 9.36. The van der Waals surface area contributed by atoms with E-state index in [4.69, 9.17) is 19.5 Å². The monoisotopic (exact) mass is 834 g/mol. The van der Waals surface area contributed by atoms with Gasteiger partial charge in [0.2, 0.25) is 11.8 Å². The second kappa shape index (κ2) is 15.4. The number of nitrogens with zero attached hydrogens (tertiary/aromatic N) is 4. The van der Waals surface area contributed by atoms with Crippen molar-refractivity contribution in [3.8, 4) is 22.3 Å². The fraction of sp³-hybridized carbons (Fsp3) is 0.440. The molecular weight excluding hydrogens is 781 g/mol. The number of aromatic amines is 1. The van der Waals surface area contributed by atoms with Crippen LogP contribution in [0.25, 0.3) is 44.1 Å². The average molecular weight is 835 g/mol. The fourth-order valence-corrected chi connectivity index (χ4v) is 10.6. The molecule has 12 nitrogen and oxygen atoms in total. The van der Waals surface area contributed by atoms with E-state index in [9.17, 15) is 19.2 Å². The molecule has 1 aromatic heterocycles. The highest BCUT2D eigenvalue weighted by atomic mass is 16.5. The summed E-state index contributed by atoms with van der Waals surface area (Å²) in [7, 11) is 2.69. The molecule has 0 unspecified atom stereocenters. The van der Waals surface area contributed by atoms with Crippen molar-refractivity contribution < 1.29 is 28.7 Å². The summed E-state index contributed by atoms with van der Waals surface area (Å²) in [6, 6.07) is 25.5. The first-order valence-electron chi connectivity index (χ1n) is 22.2. The SMILES string of the molecule is COC(=O)C[C@H](C(=O)N1[C@@H]2C[C@@H]2C[C@H]1c1nc2ccc(-c3ccc4cc(-c5ccc6c(c5)CC([C@@H]5C[C@H]7C[C@H]7N5C(=O)[C@@H](NC(=O)OC)C(C)C)=N6)ccc4c3)cc2[nH]1)C(C)C. The zero-order valence-electron chi connectivity index (χ0n) is 36.2. The standard InChI is InChI=1S/C50H54N6O6/c1-25(2)36(24-45(57)61-5)48(58)56-42-21-35(42)23-44(56)47-52-38-14-12-32(18-39(38)53-47)30-10-9-27-15-29(8-7-28(27)16-30)31-11-13-37-33(17-31)19-40(51-37)43-22-34-20-41(34)55(43)49(59)46(26(3)4)54-50(60)62-6/h7-18,25-26,34-36,41-44,46H,19-24H2,1-6H3,(H,52,53)(H,54,60)/t34-,35-,36+,41-,42-,43+,44+,46+/m1/s1. The van der Waals surface area contributed by atoms with E-state index in [-0.39, 0.29) is 60.2 Å². The predicted molar refractivity (Wildman–Crippen MR) is 238 cm³/mol. The maximum atomic E-state index is 14.0. The Morgan fingerprint density at radius 1 is 0.726 bits per heavy atom. The summed E-state index contributed by atoms with van der Waals surface area (Å²) in [6.45, 7) is 7.87. The van der Waals surface area contributed by atoms with Crippen LogP contribution in [0.3, 0.4) is 0 Å². The van der Waals surface area contributed by atoms with Crippen molar-refractivity contribution >= 4 is 57.1 Å². The van der Waals surface area contributed by atoms with Crippen molar-refractivity contribution in [3.05, 3.63) is 84.2 Å². The summed E-state index contributed by atoms with van der Waals surface area (Å²) in [5, 5.41) is 5.06. The Bertz CT molecular complexity index is 2680. The number of alkyl carbamates (subject to hydrolysis) is 1. The summed E-state index contributed by atoms with van der Waals surface area (Å²) >= 11 is 0. The van der Waals surface area contributed by atoms with Crippen molar-refractivity contribution in [2.24, 2.45) is 34.6 Å². The third-order valence-corrected chi connectivity index (χ3v) is 14.3. The van der Waals surface area contributed by atoms with Gasteiger partial charge in [0.05, 0.1) is 55.4 Å². The highest BCUT2D eigenvalue weighted by molar-refractivity contribution is 6.02. The molecule has 5 aromatic rings. The number of imidazole rings is 1. The summed E-state index contributed by atoms with van der Waals surface area (Å²) in [4.78, 5) is 69.9. The largest absolute Gasteiger partial charge is 0.469 e. The lowest BCUT2D eigenvalue weighted by Crippen LogP contribution is -2.55. The van der Waals surface area contributed by atoms with E-state index < -0.39 is 18.1 Å². The van der Waals surface area contributed by atoms with Gasteiger partial charge in [-0.1, -0.05) is 64.1 Å². The predicted octanol–water partition coefficient (Wildman–Crippen LogP) is 8.55. The molecule has 0 radical (unpaired) electrons. The summed E-state index contributed by atoms with van der Waals surface area (Å²) in [5.74, 6) is 0.871. The summed E-state index contributed by atoms with van der Waals surface area (Å²) in [6.07, 6.45) is 3.98. The lowest BCUT2D eigenvalue weighted by atomic mass is 9.90. The van der Waals surface area contributed by atoms with Crippen LogP contribution in [-0.4, -0.2) is 87.7 Å². The molecule has 3 aliphatic heterocycles. The van der Waals surface area contributed by atoms with E-state index >= 15 is 0 Å². The molecule has 2 N–H and O–H groups in total. The van der Waals surface area contributed by atoms with Gasteiger partial charge < -0.3 is 29.6 Å². The van der Waals surface area contributed by atoms with E-state index in [0.29, 0.717) is 18.3 Å². The van der Waals surface area contributed by atoms with Crippen LogP contribution in [0.5, 0.6) is 0 Å². The number of H-pyrrole nitrogens is 1. The third-order valence-electron chi connectivity index (χ3n) is 14.3. The number of amides is 3. The molecule has 0 bridgehead atoms. The number of aliphatic imine (C=N–C) groups is 1. The molecule has 62 heavy (non-hydrogen) atoms. The van der Waals surface area contributed by atoms with Crippen LogP contribution in [0.1, 0.15) is 77.2 Å². The quantitative estimate of drug-likeness (QED) is 0.127. The van der Waals surface area contributed by atoms with E-state index in [0.717, 1.165) is 92.5 Å². The van der Waals surface area contributed by atoms with Gasteiger partial charge in [0.25, 0.3) is 0 Å². The number of hydrogen-bond acceptors (Lipinski definition) is 8. The lowest BCUT2D eigenvalue weighted by Gasteiger charge is -2.32. The number of rotatable bonds is 11. The number of methoxy groups -OCH3 is 2. The molecule has 8 atom stereocenters. The van der Waals surface area contributed by atoms with Gasteiger partial charge in [0.15, 0.2) is 0 Å². The highest BCUT2D eigenvalue weighted by Gasteiger charge is 2.57. The zero-order chi connectivity index (χ0) is 43.1. The van der Waals surface area contributed by atoms with Crippen LogP contribution in [0, 0.1) is 29.6 Å². The van der Waals surface area contributed by atoms with Gasteiger partial charge in [-0.3, -0.25) is 19.4 Å². The molecule has 4 fully saturated rings. The van der Waals surface area contributed by atoms with E-state index in [2.05, 4.69) is 77.0 Å². The molecule has 0 spiro atoms. The number of likely N-dealkylation sites (tertiary alicyclic amines) is 2. The topological polar surface area (TPSA) is 146 Å². The fourth-order valence-electron chi connectivity index (χ4n) is 10.6. The van der Waals surface area contributed by atoms with Crippen LogP contribution >= 0.6 is 0 Å². The number of carbonyl (C=O) groups is 4. The minimum Gasteiger partial charge on any atom is -0.469 e. The Balaban J connectivity index is 0.843. The Hall–Kier alpha value is -6.04. The number of ether oxygens (including phenoxy) is 2. The molecule has 12 heteroatoms. The number of hydrogen-bond donors (Lipinski definition) is 2. The van der Waals surface area contributed by atoms with Gasteiger partial charge in [0, 0.05) is 24.2 Å². The van der Waals surface area contributed by atoms with Crippen LogP contribution in [0.4, 0.5) is 10.5 Å². The first-order chi connectivity index (χ1) is 29.9. The van der Waals surface area contributed by atoms with Crippen molar-refractivity contribution in [2.75, 3.05) is 14.2 Å². The lowest BCUT2D eigenvalue weighted by molar-refractivity contribution is -0.149. The normalized spacial score (nSPS) is 24.2. The molecule has 2 saturated heterocycles. The maximum absolute atomic E-state index is 14.0. The molecule has 3 amide bonds. The number of benzene rings is 4. The third kappa shape index (κ3) is 7.10. The van der Waals surface area contributed by atoms with Gasteiger partial charge in [-0.2, -0.15) is 0 Å². The van der Waals surface area contributed by atoms with Crippen molar-refractivity contribution in [1.82, 2.24) is 25.1 Å². The van der Waals surface area contributed by atoms with E-state index in [1.165, 1.54) is 14.2 Å². The Kier molecular flexibility index (Phi) is 9.95. The van der Waals surface area contributed by atoms with E-state index in [1.807, 2.05) is 43.6 Å². The Morgan fingerprint density at radius 2 is 1.34 bits per heavy atom. The number of esters is 1. The first-order valence-corrected chi connectivity index (χ1v) is 22.2. The zero-order valence-corrected chi connectivity index (χ0v) is 36.2. The maximum Gasteiger partial charge on any atom is 0.407 e. The van der Waals surface area contributed by atoms with Crippen LogP contribution in [0.2, 0.25) is 0 Å². The van der Waals surface area contributed by atoms with Crippen LogP contribution in [-0.2, 0) is 30.3 Å². The Labute approximate surface area is 361 Å². The second-order valence-corrected chi connectivity index (χ2v) is 18.9. The number of carbonyl (C=O) groups excluding carboxylic acids is 4. The Morgan fingerprint density at radius 3 is 1.98 bits per heavy atom. The molecule has 2 saturated carbocycles. The molecule has 10 rings (SSSR count). The second-order valence-electron chi connectivity index (χ2n) is 18.9. The van der Waals surface area contributed by atoms with Crippen LogP contribution < -0.4 is 5.32 Å². The number of nitrogens with one attached hydrogen (secondary N) is 2. The molecular formula is C50H54N6O6. The van der Waals surface area contributed by atoms with Gasteiger partial charge >= 0.3 is 12.1 Å². The van der Waals surface area contributed by atoms with Gasteiger partial charge in [-0.15, -0.1) is 0 Å². The van der Waals surface area contributed by atoms with Crippen molar-refractivity contribution in [1.29, 1.82) is 0 Å². The molecule has 320 valence electrons.